The van der Waals surface area contributed by atoms with Gasteiger partial charge < -0.3 is 4.98 Å². The fraction of sp³-hybridized carbons (Fsp3) is 0.579. The molecule has 1 unspecified atom stereocenters. The number of hydrogen-bond acceptors (Lipinski definition) is 0. The van der Waals surface area contributed by atoms with E-state index in [2.05, 4.69) is 36.2 Å². The molecule has 1 aromatic carbocycles. The van der Waals surface area contributed by atoms with Crippen LogP contribution >= 0.6 is 0 Å². The Morgan fingerprint density at radius 1 is 0.950 bits per heavy atom. The van der Waals surface area contributed by atoms with Crippen LogP contribution in [0, 0.1) is 17.8 Å². The van der Waals surface area contributed by atoms with Crippen LogP contribution in [0.5, 0.6) is 0 Å². The highest BCUT2D eigenvalue weighted by Gasteiger charge is 2.28. The van der Waals surface area contributed by atoms with Gasteiger partial charge in [-0.15, -0.1) is 0 Å². The maximum Gasteiger partial charge on any atom is 0.0458 e. The summed E-state index contributed by atoms with van der Waals surface area (Å²) < 4.78 is 0. The summed E-state index contributed by atoms with van der Waals surface area (Å²) in [7, 11) is 0. The van der Waals surface area contributed by atoms with E-state index in [0.717, 1.165) is 17.8 Å². The van der Waals surface area contributed by atoms with E-state index >= 15 is 0 Å². The van der Waals surface area contributed by atoms with Gasteiger partial charge in [-0.1, -0.05) is 25.1 Å². The fourth-order valence-corrected chi connectivity index (χ4v) is 4.82. The van der Waals surface area contributed by atoms with E-state index < -0.39 is 0 Å². The fourth-order valence-electron chi connectivity index (χ4n) is 4.82. The molecule has 2 aliphatic carbocycles. The molecule has 0 radical (unpaired) electrons. The first-order chi connectivity index (χ1) is 9.79. The zero-order valence-electron chi connectivity index (χ0n) is 12.5. The molecule has 106 valence electrons. The van der Waals surface area contributed by atoms with Gasteiger partial charge in [-0.25, -0.2) is 0 Å². The van der Waals surface area contributed by atoms with Gasteiger partial charge in [0.1, 0.15) is 0 Å². The van der Waals surface area contributed by atoms with Crippen LogP contribution in [-0.4, -0.2) is 4.98 Å². The van der Waals surface area contributed by atoms with Gasteiger partial charge in [-0.3, -0.25) is 0 Å². The van der Waals surface area contributed by atoms with E-state index in [0.29, 0.717) is 0 Å². The Bertz CT molecular complexity index is 609. The van der Waals surface area contributed by atoms with E-state index in [1.807, 2.05) is 0 Å². The molecule has 0 saturated heterocycles. The number of rotatable bonds is 0. The van der Waals surface area contributed by atoms with Crippen molar-refractivity contribution in [3.8, 4) is 0 Å². The van der Waals surface area contributed by atoms with Crippen molar-refractivity contribution in [3.63, 3.8) is 0 Å². The predicted molar refractivity (Wildman–Crippen MR) is 84.9 cm³/mol. The van der Waals surface area contributed by atoms with Crippen LogP contribution in [0.2, 0.25) is 0 Å². The summed E-state index contributed by atoms with van der Waals surface area (Å²) in [5.41, 5.74) is 4.50. The molecule has 0 spiro atoms. The Kier molecular flexibility index (Phi) is 3.09. The third-order valence-electron chi connectivity index (χ3n) is 5.65. The lowest BCUT2D eigenvalue weighted by Crippen LogP contribution is -2.21. The quantitative estimate of drug-likeness (QED) is 0.683. The van der Waals surface area contributed by atoms with Gasteiger partial charge in [0.15, 0.2) is 0 Å². The van der Waals surface area contributed by atoms with Crippen LogP contribution in [0.15, 0.2) is 24.3 Å². The van der Waals surface area contributed by atoms with E-state index in [9.17, 15) is 0 Å². The van der Waals surface area contributed by atoms with E-state index in [-0.39, 0.29) is 0 Å². The molecule has 1 heterocycles. The number of hydrogen-bond donors (Lipinski definition) is 1. The summed E-state index contributed by atoms with van der Waals surface area (Å²) in [6.07, 6.45) is 9.75. The molecule has 2 aliphatic rings. The summed E-state index contributed by atoms with van der Waals surface area (Å²) in [5, 5.41) is 1.48. The summed E-state index contributed by atoms with van der Waals surface area (Å²) in [6, 6.07) is 8.87. The first kappa shape index (κ1) is 12.5. The van der Waals surface area contributed by atoms with Crippen LogP contribution in [0.3, 0.4) is 0 Å². The van der Waals surface area contributed by atoms with Crippen molar-refractivity contribution in [3.05, 3.63) is 35.5 Å². The van der Waals surface area contributed by atoms with Gasteiger partial charge in [0.05, 0.1) is 0 Å². The van der Waals surface area contributed by atoms with Crippen LogP contribution in [0.25, 0.3) is 10.9 Å². The summed E-state index contributed by atoms with van der Waals surface area (Å²) in [5.74, 6) is 2.90. The van der Waals surface area contributed by atoms with Gasteiger partial charge in [0.2, 0.25) is 0 Å². The van der Waals surface area contributed by atoms with Crippen molar-refractivity contribution < 1.29 is 0 Å². The van der Waals surface area contributed by atoms with Crippen molar-refractivity contribution in [1.82, 2.24) is 4.98 Å². The number of aromatic amines is 1. The van der Waals surface area contributed by atoms with Crippen molar-refractivity contribution in [2.45, 2.75) is 51.9 Å². The van der Waals surface area contributed by atoms with Crippen LogP contribution in [0.1, 0.15) is 50.3 Å². The minimum absolute atomic E-state index is 0.951. The largest absolute Gasteiger partial charge is 0.358 e. The van der Waals surface area contributed by atoms with Gasteiger partial charge in [-0.05, 0) is 74.3 Å². The number of aromatic nitrogens is 1. The highest BCUT2D eigenvalue weighted by Crippen LogP contribution is 2.40. The number of fused-ring (bicyclic) bond motifs is 5. The molecule has 1 heteroatoms. The third-order valence-corrected chi connectivity index (χ3v) is 5.65. The number of para-hydroxylation sites is 1. The Balaban J connectivity index is 1.71. The number of aryl methyl sites for hydroxylation is 2. The number of nitrogens with one attached hydrogen (secondary N) is 1. The normalized spacial score (nSPS) is 30.4. The second-order valence-electron chi connectivity index (χ2n) is 7.25. The van der Waals surface area contributed by atoms with Gasteiger partial charge in [0.25, 0.3) is 0 Å². The van der Waals surface area contributed by atoms with Crippen molar-refractivity contribution >= 4 is 10.9 Å². The topological polar surface area (TPSA) is 15.8 Å². The van der Waals surface area contributed by atoms with Gasteiger partial charge >= 0.3 is 0 Å². The molecule has 1 N–H and O–H groups in total. The van der Waals surface area contributed by atoms with Crippen molar-refractivity contribution in [1.29, 1.82) is 0 Å². The molecule has 2 bridgehead atoms. The molecular weight excluding hydrogens is 242 g/mol. The minimum Gasteiger partial charge on any atom is -0.358 e. The Morgan fingerprint density at radius 2 is 1.70 bits per heavy atom. The number of benzene rings is 1. The Morgan fingerprint density at radius 3 is 2.55 bits per heavy atom. The van der Waals surface area contributed by atoms with Gasteiger partial charge in [0, 0.05) is 16.6 Å². The lowest BCUT2D eigenvalue weighted by atomic mass is 9.73. The lowest BCUT2D eigenvalue weighted by Gasteiger charge is -2.32. The molecule has 1 nitrogen and oxygen atoms in total. The molecule has 20 heavy (non-hydrogen) atoms. The molecule has 3 atom stereocenters. The Hall–Kier alpha value is -1.24. The standard InChI is InChI=1S/C19H25N/c1-13-10-14-6-8-17-16-4-2-3-5-18(16)20-19(17)9-7-15(11-13)12-14/h2-5,13-15,20H,6-12H2,1H3/t13-,14?,15-/m0/s1. The average Bonchev–Trinajstić information content (AvgIpc) is 2.81. The molecule has 1 saturated carbocycles. The highest BCUT2D eigenvalue weighted by atomic mass is 14.7. The van der Waals surface area contributed by atoms with Gasteiger partial charge in [-0.2, -0.15) is 0 Å². The maximum atomic E-state index is 3.70. The molecular formula is C19H25N. The maximum absolute atomic E-state index is 3.70. The zero-order chi connectivity index (χ0) is 13.5. The smallest absolute Gasteiger partial charge is 0.0458 e. The summed E-state index contributed by atoms with van der Waals surface area (Å²) in [4.78, 5) is 3.70. The summed E-state index contributed by atoms with van der Waals surface area (Å²) in [6.45, 7) is 2.46. The third kappa shape index (κ3) is 2.17. The van der Waals surface area contributed by atoms with Crippen molar-refractivity contribution in [2.75, 3.05) is 0 Å². The number of H-pyrrole nitrogens is 1. The second kappa shape index (κ2) is 4.95. The first-order valence-electron chi connectivity index (χ1n) is 8.38. The summed E-state index contributed by atoms with van der Waals surface area (Å²) >= 11 is 0. The van der Waals surface area contributed by atoms with E-state index in [4.69, 9.17) is 0 Å². The molecule has 0 aliphatic heterocycles. The average molecular weight is 267 g/mol. The SMILES string of the molecule is C[C@H]1CC2CCc3c([nH]c4ccccc34)CC[C@H](C2)C1. The highest BCUT2D eigenvalue weighted by molar-refractivity contribution is 5.84. The van der Waals surface area contributed by atoms with Crippen LogP contribution in [-0.2, 0) is 12.8 Å². The molecule has 2 aromatic rings. The molecule has 0 amide bonds. The predicted octanol–water partition coefficient (Wildman–Crippen LogP) is 5.10. The zero-order valence-corrected chi connectivity index (χ0v) is 12.5. The second-order valence-corrected chi connectivity index (χ2v) is 7.25. The molecule has 4 rings (SSSR count). The Labute approximate surface area is 121 Å². The van der Waals surface area contributed by atoms with Crippen molar-refractivity contribution in [2.24, 2.45) is 17.8 Å². The monoisotopic (exact) mass is 267 g/mol. The minimum atomic E-state index is 0.951. The first-order valence-corrected chi connectivity index (χ1v) is 8.38. The van der Waals surface area contributed by atoms with E-state index in [1.165, 1.54) is 61.5 Å². The van der Waals surface area contributed by atoms with Crippen LogP contribution in [0.4, 0.5) is 0 Å². The van der Waals surface area contributed by atoms with E-state index in [1.54, 1.807) is 5.56 Å². The molecule has 1 fully saturated rings. The molecule has 1 aromatic heterocycles. The lowest BCUT2D eigenvalue weighted by molar-refractivity contribution is 0.192. The van der Waals surface area contributed by atoms with Crippen LogP contribution < -0.4 is 0 Å².